The fourth-order valence-electron chi connectivity index (χ4n) is 9.79. The quantitative estimate of drug-likeness (QED) is 0.0261. The summed E-state index contributed by atoms with van der Waals surface area (Å²) in [7, 11) is 0. The van der Waals surface area contributed by atoms with Crippen LogP contribution in [0.4, 0.5) is 0 Å². The van der Waals surface area contributed by atoms with Crippen molar-refractivity contribution in [2.45, 2.75) is 335 Å². The van der Waals surface area contributed by atoms with Gasteiger partial charge in [-0.1, -0.05) is 322 Å². The summed E-state index contributed by atoms with van der Waals surface area (Å²) in [6.45, 7) is 6.43. The number of rotatable bonds is 63. The zero-order valence-electron chi connectivity index (χ0n) is 54.4. The van der Waals surface area contributed by atoms with Crippen LogP contribution in [0.25, 0.3) is 0 Å². The summed E-state index contributed by atoms with van der Waals surface area (Å²) in [5.74, 6) is -0.881. The topological polar surface area (TPSA) is 78.9 Å². The maximum atomic E-state index is 12.9. The molecule has 0 bridgehead atoms. The third-order valence-corrected chi connectivity index (χ3v) is 15.0. The lowest BCUT2D eigenvalue weighted by atomic mass is 10.0. The minimum Gasteiger partial charge on any atom is -0.462 e. The number of hydrogen-bond donors (Lipinski definition) is 0. The Morgan fingerprint density at radius 2 is 0.470 bits per heavy atom. The van der Waals surface area contributed by atoms with Crippen molar-refractivity contribution >= 4 is 17.9 Å². The van der Waals surface area contributed by atoms with Crippen LogP contribution >= 0.6 is 0 Å². The molecule has 6 nitrogen and oxygen atoms in total. The molecule has 0 spiro atoms. The lowest BCUT2D eigenvalue weighted by Gasteiger charge is -2.18. The van der Waals surface area contributed by atoms with E-state index in [2.05, 4.69) is 142 Å². The summed E-state index contributed by atoms with van der Waals surface area (Å²) in [5, 5.41) is 0. The van der Waals surface area contributed by atoms with Gasteiger partial charge in [0.2, 0.25) is 0 Å². The Bertz CT molecular complexity index is 1700. The average Bonchev–Trinajstić information content (AvgIpc) is 3.48. The van der Waals surface area contributed by atoms with Gasteiger partial charge in [0.1, 0.15) is 13.2 Å². The van der Waals surface area contributed by atoms with Crippen LogP contribution in [0, 0.1) is 0 Å². The van der Waals surface area contributed by atoms with Crippen molar-refractivity contribution in [1.82, 2.24) is 0 Å². The minimum absolute atomic E-state index is 0.0804. The Balaban J connectivity index is 4.23. The highest BCUT2D eigenvalue weighted by atomic mass is 16.6. The molecule has 0 radical (unpaired) electrons. The zero-order valence-corrected chi connectivity index (χ0v) is 54.4. The van der Waals surface area contributed by atoms with E-state index in [4.69, 9.17) is 14.2 Å². The van der Waals surface area contributed by atoms with Crippen molar-refractivity contribution < 1.29 is 28.6 Å². The highest BCUT2D eigenvalue weighted by Gasteiger charge is 2.19. The van der Waals surface area contributed by atoms with Gasteiger partial charge in [-0.15, -0.1) is 0 Å². The maximum absolute atomic E-state index is 12.9. The Morgan fingerprint density at radius 1 is 0.253 bits per heavy atom. The molecule has 474 valence electrons. The van der Waals surface area contributed by atoms with Crippen LogP contribution in [0.15, 0.2) is 122 Å². The predicted molar refractivity (Wildman–Crippen MR) is 362 cm³/mol. The largest absolute Gasteiger partial charge is 0.462 e. The van der Waals surface area contributed by atoms with Gasteiger partial charge in [-0.2, -0.15) is 0 Å². The molecule has 0 rings (SSSR count). The van der Waals surface area contributed by atoms with Gasteiger partial charge in [-0.25, -0.2) is 0 Å². The summed E-state index contributed by atoms with van der Waals surface area (Å²) in [4.78, 5) is 38.4. The van der Waals surface area contributed by atoms with E-state index in [-0.39, 0.29) is 31.1 Å². The fraction of sp³-hybridized carbons (Fsp3) is 0.701. The smallest absolute Gasteiger partial charge is 0.306 e. The average molecular weight is 1150 g/mol. The summed E-state index contributed by atoms with van der Waals surface area (Å²) < 4.78 is 17.0. The first-order valence-corrected chi connectivity index (χ1v) is 35.0. The van der Waals surface area contributed by atoms with Gasteiger partial charge in [0.05, 0.1) is 0 Å². The van der Waals surface area contributed by atoms with E-state index in [1.54, 1.807) is 0 Å². The number of hydrogen-bond acceptors (Lipinski definition) is 6. The number of allylic oxidation sites excluding steroid dienone is 20. The molecule has 1 unspecified atom stereocenters. The van der Waals surface area contributed by atoms with E-state index in [1.165, 1.54) is 161 Å². The molecule has 0 fully saturated rings. The first kappa shape index (κ1) is 78.8. The molecular formula is C77H130O6. The highest BCUT2D eigenvalue weighted by molar-refractivity contribution is 5.71. The molecule has 0 aliphatic rings. The lowest BCUT2D eigenvalue weighted by molar-refractivity contribution is -0.167. The van der Waals surface area contributed by atoms with Crippen molar-refractivity contribution in [2.75, 3.05) is 13.2 Å². The van der Waals surface area contributed by atoms with Crippen LogP contribution in [-0.2, 0) is 28.6 Å². The molecule has 0 N–H and O–H groups in total. The molecule has 0 amide bonds. The number of unbranched alkanes of at least 4 members (excludes halogenated alkanes) is 32. The van der Waals surface area contributed by atoms with Gasteiger partial charge in [0.25, 0.3) is 0 Å². The second kappa shape index (κ2) is 70.3. The van der Waals surface area contributed by atoms with Gasteiger partial charge in [-0.3, -0.25) is 14.4 Å². The summed E-state index contributed by atoms with van der Waals surface area (Å²) in [6, 6.07) is 0. The second-order valence-electron chi connectivity index (χ2n) is 23.0. The third-order valence-electron chi connectivity index (χ3n) is 15.0. The van der Waals surface area contributed by atoms with Crippen LogP contribution in [0.5, 0.6) is 0 Å². The van der Waals surface area contributed by atoms with Crippen molar-refractivity contribution in [3.05, 3.63) is 122 Å². The number of carbonyl (C=O) groups is 3. The molecule has 0 heterocycles. The molecule has 0 aromatic carbocycles. The van der Waals surface area contributed by atoms with E-state index in [0.29, 0.717) is 19.3 Å². The predicted octanol–water partition coefficient (Wildman–Crippen LogP) is 24.3. The first-order valence-electron chi connectivity index (χ1n) is 35.0. The molecule has 1 atom stereocenters. The van der Waals surface area contributed by atoms with Gasteiger partial charge in [0, 0.05) is 19.3 Å². The Kier molecular flexibility index (Phi) is 66.7. The lowest BCUT2D eigenvalue weighted by Crippen LogP contribution is -2.30. The standard InChI is InChI=1S/C77H130O6/c1-4-7-10-13-16-19-22-24-26-28-30-32-34-35-36-37-38-39-40-41-43-44-46-48-50-52-55-58-61-64-67-70-76(79)82-73-74(72-81-75(78)69-66-63-60-57-54-21-18-15-12-9-6-3)83-77(80)71-68-65-62-59-56-53-51-49-47-45-42-33-31-29-27-25-23-20-17-14-11-8-5-2/h7-8,10-11,16-17,19-20,24-27,30-33,35-36,45,47,74H,4-6,9,12-15,18,21-23,28-29,34,37-44,46,48-73H2,1-3H3/b10-7-,11-8-,19-16-,20-17-,26-24-,27-25-,32-30-,33-31-,36-35-,47-45-. The van der Waals surface area contributed by atoms with E-state index >= 15 is 0 Å². The monoisotopic (exact) mass is 1150 g/mol. The van der Waals surface area contributed by atoms with Crippen molar-refractivity contribution in [3.8, 4) is 0 Å². The van der Waals surface area contributed by atoms with E-state index in [1.807, 2.05) is 0 Å². The summed E-state index contributed by atoms with van der Waals surface area (Å²) in [6.07, 6.45) is 98.0. The van der Waals surface area contributed by atoms with E-state index in [0.717, 1.165) is 128 Å². The van der Waals surface area contributed by atoms with Crippen molar-refractivity contribution in [3.63, 3.8) is 0 Å². The fourth-order valence-corrected chi connectivity index (χ4v) is 9.79. The van der Waals surface area contributed by atoms with Gasteiger partial charge in [0.15, 0.2) is 6.10 Å². The SMILES string of the molecule is CC/C=C\C/C=C\C/C=C\C/C=C\C/C=C\CCCCCCCCCCCCCCCCCC(=O)OCC(COC(=O)CCCCCCCCCCCCC)OC(=O)CCCCCCCCC/C=C\C/C=C\C/C=C\C/C=C\C/C=C\CC. The molecule has 0 saturated carbocycles. The molecule has 0 aromatic rings. The van der Waals surface area contributed by atoms with Gasteiger partial charge in [-0.05, 0) is 109 Å². The number of ether oxygens (including phenoxy) is 3. The summed E-state index contributed by atoms with van der Waals surface area (Å²) >= 11 is 0. The molecule has 0 aliphatic heterocycles. The molecule has 6 heteroatoms. The Morgan fingerprint density at radius 3 is 0.735 bits per heavy atom. The Labute approximate surface area is 513 Å². The number of carbonyl (C=O) groups excluding carboxylic acids is 3. The summed E-state index contributed by atoms with van der Waals surface area (Å²) in [5.41, 5.74) is 0. The van der Waals surface area contributed by atoms with Crippen LogP contribution in [0.2, 0.25) is 0 Å². The third kappa shape index (κ3) is 68.5. The van der Waals surface area contributed by atoms with E-state index in [9.17, 15) is 14.4 Å². The second-order valence-corrected chi connectivity index (χ2v) is 23.0. The van der Waals surface area contributed by atoms with E-state index < -0.39 is 6.10 Å². The van der Waals surface area contributed by atoms with Crippen LogP contribution in [-0.4, -0.2) is 37.2 Å². The highest BCUT2D eigenvalue weighted by Crippen LogP contribution is 2.17. The minimum atomic E-state index is -0.785. The molecule has 0 aliphatic carbocycles. The number of esters is 3. The van der Waals surface area contributed by atoms with Crippen LogP contribution in [0.1, 0.15) is 329 Å². The first-order chi connectivity index (χ1) is 41.0. The zero-order chi connectivity index (χ0) is 59.9. The maximum Gasteiger partial charge on any atom is 0.306 e. The molecular weight excluding hydrogens is 1020 g/mol. The van der Waals surface area contributed by atoms with Crippen molar-refractivity contribution in [2.24, 2.45) is 0 Å². The van der Waals surface area contributed by atoms with Crippen LogP contribution in [0.3, 0.4) is 0 Å². The van der Waals surface area contributed by atoms with Gasteiger partial charge < -0.3 is 14.2 Å². The molecule has 0 aromatic heterocycles. The normalized spacial score (nSPS) is 12.9. The van der Waals surface area contributed by atoms with Gasteiger partial charge >= 0.3 is 17.9 Å². The Hall–Kier alpha value is -4.19. The van der Waals surface area contributed by atoms with Crippen LogP contribution < -0.4 is 0 Å². The molecule has 83 heavy (non-hydrogen) atoms. The molecule has 0 saturated heterocycles. The van der Waals surface area contributed by atoms with Crippen molar-refractivity contribution in [1.29, 1.82) is 0 Å².